The molecular formula is C12H19N3. The summed E-state index contributed by atoms with van der Waals surface area (Å²) in [6, 6.07) is 4.76. The van der Waals surface area contributed by atoms with Crippen LogP contribution in [0.2, 0.25) is 0 Å². The van der Waals surface area contributed by atoms with Gasteiger partial charge in [0.2, 0.25) is 0 Å². The van der Waals surface area contributed by atoms with E-state index in [9.17, 15) is 0 Å². The van der Waals surface area contributed by atoms with Gasteiger partial charge in [-0.25, -0.2) is 0 Å². The molecule has 0 saturated carbocycles. The Morgan fingerprint density at radius 2 is 2.47 bits per heavy atom. The molecule has 0 bridgehead atoms. The average molecular weight is 205 g/mol. The summed E-state index contributed by atoms with van der Waals surface area (Å²) in [6.07, 6.45) is 4.30. The van der Waals surface area contributed by atoms with E-state index < -0.39 is 0 Å². The van der Waals surface area contributed by atoms with Gasteiger partial charge in [-0.3, -0.25) is 9.88 Å². The largest absolute Gasteiger partial charge is 0.318 e. The van der Waals surface area contributed by atoms with Crippen LogP contribution < -0.4 is 5.32 Å². The van der Waals surface area contributed by atoms with Gasteiger partial charge in [0.15, 0.2) is 0 Å². The van der Waals surface area contributed by atoms with Crippen molar-refractivity contribution >= 4 is 0 Å². The van der Waals surface area contributed by atoms with E-state index in [0.29, 0.717) is 6.04 Å². The van der Waals surface area contributed by atoms with Crippen LogP contribution in [0.15, 0.2) is 18.3 Å². The van der Waals surface area contributed by atoms with Crippen LogP contribution in [0.5, 0.6) is 0 Å². The van der Waals surface area contributed by atoms with Crippen LogP contribution in [-0.2, 0) is 6.42 Å². The minimum absolute atomic E-state index is 0.523. The molecule has 2 rings (SSSR count). The van der Waals surface area contributed by atoms with E-state index in [4.69, 9.17) is 0 Å². The second-order valence-electron chi connectivity index (χ2n) is 4.19. The van der Waals surface area contributed by atoms with Crippen molar-refractivity contribution in [3.8, 4) is 0 Å². The van der Waals surface area contributed by atoms with Crippen LogP contribution in [0.3, 0.4) is 0 Å². The normalized spacial score (nSPS) is 19.5. The number of hydrogen-bond acceptors (Lipinski definition) is 3. The van der Waals surface area contributed by atoms with E-state index in [-0.39, 0.29) is 0 Å². The number of likely N-dealkylation sites (N-methyl/N-ethyl adjacent to an activating group) is 2. The molecule has 3 heteroatoms. The first-order valence-corrected chi connectivity index (χ1v) is 5.61. The lowest BCUT2D eigenvalue weighted by atomic mass is 10.2. The van der Waals surface area contributed by atoms with Gasteiger partial charge < -0.3 is 5.32 Å². The van der Waals surface area contributed by atoms with Crippen LogP contribution >= 0.6 is 0 Å². The number of rotatable bonds is 4. The quantitative estimate of drug-likeness (QED) is 0.801. The predicted octanol–water partition coefficient (Wildman–Crippen LogP) is 1.22. The van der Waals surface area contributed by atoms with Crippen LogP contribution in [0.4, 0.5) is 0 Å². The zero-order valence-electron chi connectivity index (χ0n) is 9.53. The molecule has 15 heavy (non-hydrogen) atoms. The summed E-state index contributed by atoms with van der Waals surface area (Å²) in [6.45, 7) is 2.12. The van der Waals surface area contributed by atoms with Crippen molar-refractivity contribution in [1.29, 1.82) is 0 Å². The van der Waals surface area contributed by atoms with Crippen molar-refractivity contribution in [3.05, 3.63) is 29.6 Å². The molecule has 0 fully saturated rings. The Bertz CT molecular complexity index is 324. The number of fused-ring (bicyclic) bond motifs is 1. The molecule has 1 heterocycles. The molecule has 1 aliphatic rings. The summed E-state index contributed by atoms with van der Waals surface area (Å²) in [5, 5.41) is 3.18. The Kier molecular flexibility index (Phi) is 3.34. The molecular weight excluding hydrogens is 186 g/mol. The molecule has 0 spiro atoms. The van der Waals surface area contributed by atoms with Crippen molar-refractivity contribution in [2.75, 3.05) is 27.2 Å². The molecule has 1 atom stereocenters. The zero-order valence-corrected chi connectivity index (χ0v) is 9.53. The van der Waals surface area contributed by atoms with E-state index in [2.05, 4.69) is 28.3 Å². The molecule has 1 unspecified atom stereocenters. The standard InChI is InChI=1S/C12H19N3/c1-13-8-9-15(2)11-6-5-10-4-3-7-14-12(10)11/h3-4,7,11,13H,5-6,8-9H2,1-2H3. The number of aromatic nitrogens is 1. The zero-order chi connectivity index (χ0) is 10.7. The molecule has 1 aromatic heterocycles. The maximum absolute atomic E-state index is 4.51. The highest BCUT2D eigenvalue weighted by Gasteiger charge is 2.26. The van der Waals surface area contributed by atoms with Crippen molar-refractivity contribution in [1.82, 2.24) is 15.2 Å². The second-order valence-corrected chi connectivity index (χ2v) is 4.19. The van der Waals surface area contributed by atoms with E-state index >= 15 is 0 Å². The maximum atomic E-state index is 4.51. The molecule has 3 nitrogen and oxygen atoms in total. The van der Waals surface area contributed by atoms with Gasteiger partial charge in [-0.05, 0) is 38.6 Å². The van der Waals surface area contributed by atoms with Crippen LogP contribution in [0.25, 0.3) is 0 Å². The number of hydrogen-bond donors (Lipinski definition) is 1. The topological polar surface area (TPSA) is 28.2 Å². The maximum Gasteiger partial charge on any atom is 0.0607 e. The first-order chi connectivity index (χ1) is 7.33. The third kappa shape index (κ3) is 2.19. The monoisotopic (exact) mass is 205 g/mol. The lowest BCUT2D eigenvalue weighted by Gasteiger charge is -2.24. The second kappa shape index (κ2) is 4.73. The lowest BCUT2D eigenvalue weighted by Crippen LogP contribution is -2.30. The van der Waals surface area contributed by atoms with Crippen LogP contribution in [0, 0.1) is 0 Å². The Balaban J connectivity index is 2.06. The average Bonchev–Trinajstić information content (AvgIpc) is 2.69. The Morgan fingerprint density at radius 1 is 1.60 bits per heavy atom. The summed E-state index contributed by atoms with van der Waals surface area (Å²) in [5.74, 6) is 0. The highest BCUT2D eigenvalue weighted by molar-refractivity contribution is 5.27. The van der Waals surface area contributed by atoms with E-state index in [0.717, 1.165) is 13.1 Å². The van der Waals surface area contributed by atoms with E-state index in [1.807, 2.05) is 19.3 Å². The highest BCUT2D eigenvalue weighted by atomic mass is 15.2. The fourth-order valence-corrected chi connectivity index (χ4v) is 2.26. The Labute approximate surface area is 91.5 Å². The smallest absolute Gasteiger partial charge is 0.0607 e. The van der Waals surface area contributed by atoms with Crippen molar-refractivity contribution in [2.45, 2.75) is 18.9 Å². The molecule has 82 valence electrons. The number of pyridine rings is 1. The molecule has 1 aromatic rings. The van der Waals surface area contributed by atoms with Crippen molar-refractivity contribution in [2.24, 2.45) is 0 Å². The molecule has 1 aliphatic carbocycles. The molecule has 1 N–H and O–H groups in total. The first kappa shape index (κ1) is 10.6. The molecule has 0 amide bonds. The third-order valence-corrected chi connectivity index (χ3v) is 3.18. The van der Waals surface area contributed by atoms with Gasteiger partial charge in [-0.1, -0.05) is 6.07 Å². The molecule has 0 radical (unpaired) electrons. The highest BCUT2D eigenvalue weighted by Crippen LogP contribution is 2.32. The summed E-state index contributed by atoms with van der Waals surface area (Å²) >= 11 is 0. The van der Waals surface area contributed by atoms with Gasteiger partial charge in [0, 0.05) is 19.3 Å². The van der Waals surface area contributed by atoms with Gasteiger partial charge in [-0.2, -0.15) is 0 Å². The summed E-state index contributed by atoms with van der Waals surface area (Å²) in [4.78, 5) is 6.91. The van der Waals surface area contributed by atoms with Gasteiger partial charge in [0.1, 0.15) is 0 Å². The third-order valence-electron chi connectivity index (χ3n) is 3.18. The lowest BCUT2D eigenvalue weighted by molar-refractivity contribution is 0.242. The summed E-state index contributed by atoms with van der Waals surface area (Å²) < 4.78 is 0. The van der Waals surface area contributed by atoms with Crippen molar-refractivity contribution < 1.29 is 0 Å². The minimum Gasteiger partial charge on any atom is -0.318 e. The van der Waals surface area contributed by atoms with E-state index in [1.54, 1.807) is 0 Å². The van der Waals surface area contributed by atoms with Crippen molar-refractivity contribution in [3.63, 3.8) is 0 Å². The van der Waals surface area contributed by atoms with Crippen LogP contribution in [0.1, 0.15) is 23.7 Å². The van der Waals surface area contributed by atoms with Gasteiger partial charge in [0.05, 0.1) is 11.7 Å². The molecule has 0 saturated heterocycles. The fourth-order valence-electron chi connectivity index (χ4n) is 2.26. The first-order valence-electron chi connectivity index (χ1n) is 5.61. The summed E-state index contributed by atoms with van der Waals surface area (Å²) in [5.41, 5.74) is 2.72. The summed E-state index contributed by atoms with van der Waals surface area (Å²) in [7, 11) is 4.18. The van der Waals surface area contributed by atoms with Gasteiger partial charge in [0.25, 0.3) is 0 Å². The molecule has 0 aliphatic heterocycles. The fraction of sp³-hybridized carbons (Fsp3) is 0.583. The van der Waals surface area contributed by atoms with Crippen LogP contribution in [-0.4, -0.2) is 37.1 Å². The Morgan fingerprint density at radius 3 is 3.27 bits per heavy atom. The number of aryl methyl sites for hydroxylation is 1. The number of nitrogens with one attached hydrogen (secondary N) is 1. The number of nitrogens with zero attached hydrogens (tertiary/aromatic N) is 2. The SMILES string of the molecule is CNCCN(C)C1CCc2cccnc21. The minimum atomic E-state index is 0.523. The predicted molar refractivity (Wildman–Crippen MR) is 61.9 cm³/mol. The molecule has 0 aromatic carbocycles. The van der Waals surface area contributed by atoms with Gasteiger partial charge >= 0.3 is 0 Å². The van der Waals surface area contributed by atoms with Gasteiger partial charge in [-0.15, -0.1) is 0 Å². The Hall–Kier alpha value is -0.930. The van der Waals surface area contributed by atoms with E-state index in [1.165, 1.54) is 24.1 Å².